The number of alkyl halides is 1. The number of aliphatic carboxylic acids is 1. The summed E-state index contributed by atoms with van der Waals surface area (Å²) in [5.41, 5.74) is 15.5. The number of likely N-dealkylation sites (N-methyl/N-ethyl adjacent to an activating group) is 2. The number of halogens is 3. The molecule has 0 unspecified atom stereocenters. The largest absolute Gasteiger partial charge is 0.480 e. The van der Waals surface area contributed by atoms with Crippen LogP contribution < -0.4 is 31.6 Å². The number of carbonyl (C=O) groups is 6. The number of Topliss-reactive ketones (excluding diaryl/α,β-unsaturated/α-hetero) is 1. The number of nitrogens with two attached hydrogens (primary N) is 2. The zero-order chi connectivity index (χ0) is 55.2. The first-order chi connectivity index (χ1) is 35.0. The normalized spacial score (nSPS) is 17.3. The quantitative estimate of drug-likeness (QED) is 0.0766. The first-order valence-corrected chi connectivity index (χ1v) is 24.3. The van der Waals surface area contributed by atoms with Crippen LogP contribution in [0.1, 0.15) is 102 Å². The Morgan fingerprint density at radius 1 is 0.808 bits per heavy atom. The Morgan fingerprint density at radius 3 is 1.82 bits per heavy atom. The van der Waals surface area contributed by atoms with Gasteiger partial charge in [-0.05, 0) is 137 Å². The number of methoxy groups -OCH3 is 2. The van der Waals surface area contributed by atoms with Crippen molar-refractivity contribution in [1.82, 2.24) is 30.0 Å². The summed E-state index contributed by atoms with van der Waals surface area (Å²) in [6.07, 6.45) is 8.22. The number of piperidine rings is 2. The molecular weight excluding hydrogens is 985 g/mol. The van der Waals surface area contributed by atoms with Gasteiger partial charge in [0.2, 0.25) is 17.5 Å². The van der Waals surface area contributed by atoms with Gasteiger partial charge in [-0.15, -0.1) is 0 Å². The zero-order valence-electron chi connectivity index (χ0n) is 43.8. The molecule has 21 heteroatoms. The minimum Gasteiger partial charge on any atom is -0.480 e. The molecule has 2 aromatic carbocycles. The predicted molar refractivity (Wildman–Crippen MR) is 280 cm³/mol. The lowest BCUT2D eigenvalue weighted by molar-refractivity contribution is -0.148. The third-order valence-corrected chi connectivity index (χ3v) is 12.8. The lowest BCUT2D eigenvalue weighted by atomic mass is 9.89. The average molecular weight is 1060 g/mol. The average Bonchev–Trinajstić information content (AvgIpc) is 3.36. The molecular formula is C52H70Cl2FN9O9. The van der Waals surface area contributed by atoms with E-state index in [0.29, 0.717) is 17.6 Å². The highest BCUT2D eigenvalue weighted by molar-refractivity contribution is 6.39. The van der Waals surface area contributed by atoms with Crippen molar-refractivity contribution in [3.05, 3.63) is 110 Å². The van der Waals surface area contributed by atoms with Crippen LogP contribution in [0.15, 0.2) is 60.9 Å². The van der Waals surface area contributed by atoms with E-state index in [-0.39, 0.29) is 52.5 Å². The number of hydrogen-bond acceptors (Lipinski definition) is 13. The summed E-state index contributed by atoms with van der Waals surface area (Å²) in [6.45, 7) is 7.84. The van der Waals surface area contributed by atoms with Crippen molar-refractivity contribution < 1.29 is 49.1 Å². The molecule has 2 saturated heterocycles. The Balaban J connectivity index is 0.000000311. The van der Waals surface area contributed by atoms with E-state index in [2.05, 4.69) is 76.5 Å². The highest BCUT2D eigenvalue weighted by Crippen LogP contribution is 2.36. The number of rotatable bonds is 16. The predicted octanol–water partition coefficient (Wildman–Crippen LogP) is 6.36. The highest BCUT2D eigenvalue weighted by Gasteiger charge is 2.35. The van der Waals surface area contributed by atoms with E-state index in [1.807, 2.05) is 32.3 Å². The van der Waals surface area contributed by atoms with Crippen molar-refractivity contribution in [3.63, 3.8) is 0 Å². The summed E-state index contributed by atoms with van der Waals surface area (Å²) in [6, 6.07) is 15.3. The number of carboxylic acids is 1. The maximum absolute atomic E-state index is 13.2. The number of nitrogens with zero attached hydrogens (tertiary/aromatic N) is 5. The molecule has 4 amide bonds. The molecule has 398 valence electrons. The summed E-state index contributed by atoms with van der Waals surface area (Å²) in [7, 11) is 9.88. The SMILES string of the molecule is COc1ncc(CC(=O)C(=O)O)cc1C(N)=O.COc1ncc(NC(=O)C(=O)N2C[C@@H](C)CC[C@@H]2c2ccc(CCN(C)C)c(Cl)c2)cc1C(N)=O.C[C@H]1CC[C@H](c2ccc(CCN(C)C)c(Cl)c2)NC1.[2H]CF. The van der Waals surface area contributed by atoms with Gasteiger partial charge in [-0.1, -0.05) is 61.3 Å². The second-order valence-corrected chi connectivity index (χ2v) is 19.2. The number of amides is 4. The summed E-state index contributed by atoms with van der Waals surface area (Å²) >= 11 is 13.0. The van der Waals surface area contributed by atoms with Gasteiger partial charge in [0.1, 0.15) is 11.1 Å². The van der Waals surface area contributed by atoms with Gasteiger partial charge in [-0.3, -0.25) is 28.4 Å². The molecule has 0 bridgehead atoms. The second-order valence-electron chi connectivity index (χ2n) is 18.4. The van der Waals surface area contributed by atoms with Crippen LogP contribution in [0.25, 0.3) is 0 Å². The van der Waals surface area contributed by atoms with Crippen LogP contribution in [0.5, 0.6) is 11.8 Å². The van der Waals surface area contributed by atoms with Crippen molar-refractivity contribution in [1.29, 1.82) is 0 Å². The molecule has 4 atom stereocenters. The van der Waals surface area contributed by atoms with Gasteiger partial charge in [0, 0.05) is 48.3 Å². The summed E-state index contributed by atoms with van der Waals surface area (Å²) in [4.78, 5) is 83.8. The van der Waals surface area contributed by atoms with Crippen LogP contribution in [0.3, 0.4) is 0 Å². The number of nitrogens with one attached hydrogen (secondary N) is 2. The molecule has 2 aliphatic heterocycles. The number of hydrogen-bond donors (Lipinski definition) is 5. The smallest absolute Gasteiger partial charge is 0.372 e. The van der Waals surface area contributed by atoms with E-state index in [0.717, 1.165) is 67.4 Å². The molecule has 6 rings (SSSR count). The van der Waals surface area contributed by atoms with Crippen LogP contribution in [-0.4, -0.2) is 141 Å². The van der Waals surface area contributed by atoms with Crippen molar-refractivity contribution in [2.75, 3.05) is 81.1 Å². The Hall–Kier alpha value is -6.25. The van der Waals surface area contributed by atoms with E-state index in [1.54, 1.807) is 4.90 Å². The molecule has 4 aromatic rings. The monoisotopic (exact) mass is 1050 g/mol. The Labute approximate surface area is 438 Å². The van der Waals surface area contributed by atoms with Crippen LogP contribution in [0.4, 0.5) is 10.1 Å². The maximum Gasteiger partial charge on any atom is 0.372 e. The van der Waals surface area contributed by atoms with Crippen molar-refractivity contribution in [2.45, 2.75) is 70.9 Å². The Morgan fingerprint density at radius 2 is 1.33 bits per heavy atom. The first kappa shape index (κ1) is 59.3. The first-order valence-electron chi connectivity index (χ1n) is 24.2. The number of aromatic nitrogens is 2. The molecule has 2 aliphatic rings. The maximum atomic E-state index is 13.2. The topological polar surface area (TPSA) is 253 Å². The summed E-state index contributed by atoms with van der Waals surface area (Å²) in [5, 5.41) is 16.2. The van der Waals surface area contributed by atoms with Gasteiger partial charge >= 0.3 is 17.8 Å². The fourth-order valence-electron chi connectivity index (χ4n) is 8.02. The number of ketones is 1. The zero-order valence-corrected chi connectivity index (χ0v) is 44.3. The number of primary amides is 2. The molecule has 2 aromatic heterocycles. The van der Waals surface area contributed by atoms with Crippen LogP contribution in [0, 0.1) is 11.8 Å². The van der Waals surface area contributed by atoms with Gasteiger partial charge in [-0.25, -0.2) is 14.8 Å². The number of benzene rings is 2. The molecule has 0 radical (unpaired) electrons. The fraction of sp³-hybridized carbons (Fsp3) is 0.462. The second kappa shape index (κ2) is 30.1. The summed E-state index contributed by atoms with van der Waals surface area (Å²) < 4.78 is 25.3. The molecule has 0 aliphatic carbocycles. The third-order valence-electron chi connectivity index (χ3n) is 12.1. The van der Waals surface area contributed by atoms with Crippen LogP contribution in [0.2, 0.25) is 10.0 Å². The lowest BCUT2D eigenvalue weighted by Crippen LogP contribution is -2.46. The molecule has 7 N–H and O–H groups in total. The van der Waals surface area contributed by atoms with E-state index < -0.39 is 42.5 Å². The number of carbonyl (C=O) groups excluding carboxylic acids is 5. The Bertz CT molecular complexity index is 2550. The highest BCUT2D eigenvalue weighted by atomic mass is 35.5. The minimum atomic E-state index is -1.54. The fourth-order valence-corrected chi connectivity index (χ4v) is 8.59. The van der Waals surface area contributed by atoms with Gasteiger partial charge in [-0.2, -0.15) is 0 Å². The molecule has 73 heavy (non-hydrogen) atoms. The van der Waals surface area contributed by atoms with Gasteiger partial charge in [0.05, 0.1) is 40.7 Å². The number of carboxylic acid groups (broad SMARTS) is 1. The summed E-state index contributed by atoms with van der Waals surface area (Å²) in [5.74, 6) is -4.42. The van der Waals surface area contributed by atoms with Crippen LogP contribution in [-0.2, 0) is 38.4 Å². The molecule has 4 heterocycles. The molecule has 2 fully saturated rings. The van der Waals surface area contributed by atoms with Crippen molar-refractivity contribution in [2.24, 2.45) is 23.3 Å². The van der Waals surface area contributed by atoms with Crippen molar-refractivity contribution >= 4 is 64.3 Å². The minimum absolute atomic E-state index is 0.00295. The number of likely N-dealkylation sites (tertiary alicyclic amines) is 1. The number of ether oxygens (including phenoxy) is 2. The van der Waals surface area contributed by atoms with Crippen molar-refractivity contribution in [3.8, 4) is 11.8 Å². The lowest BCUT2D eigenvalue weighted by Gasteiger charge is -2.38. The van der Waals surface area contributed by atoms with Gasteiger partial charge in [0.15, 0.2) is 0 Å². The molecule has 0 saturated carbocycles. The Kier molecular flexibility index (Phi) is 24.4. The van der Waals surface area contributed by atoms with Gasteiger partial charge in [0.25, 0.3) is 11.8 Å². The van der Waals surface area contributed by atoms with E-state index in [1.165, 1.54) is 62.7 Å². The van der Waals surface area contributed by atoms with Crippen LogP contribution >= 0.6 is 23.2 Å². The molecule has 0 spiro atoms. The van der Waals surface area contributed by atoms with E-state index in [4.69, 9.17) is 50.6 Å². The molecule has 18 nitrogen and oxygen atoms in total. The third kappa shape index (κ3) is 18.9. The number of pyridine rings is 2. The van der Waals surface area contributed by atoms with E-state index >= 15 is 0 Å². The standard InChI is InChI=1S/C25H32ClN5O4.C16H25ClN2.C10H10N2O5.CH3F/c1-15-5-8-21(17-7-6-16(20(26)11-17)9-10-30(2)3)31(14-15)25(34)23(33)29-18-12-19(22(27)32)24(35-4)28-13-18;1-12-4-7-16(18-11-12)14-6-5-13(15(17)10-14)8-9-19(2)3;1-17-9-6(8(11)14)2-5(4-12-9)3-7(13)10(15)16;1-2/h6-7,11-13,15,21H,5,8-10,14H2,1-4H3,(H2,27,32)(H,29,33);5-6,10,12,16,18H,4,7-9,11H2,1-3H3;2,4H,3H2,1H3,(H2,11,14)(H,15,16);1H3/t15-,21+;12-,16+;;/m00../s1/i;;;1D. The van der Waals surface area contributed by atoms with E-state index in [9.17, 15) is 33.2 Å². The number of anilines is 1. The van der Waals surface area contributed by atoms with Gasteiger partial charge < -0.3 is 51.4 Å².